The minimum atomic E-state index is -0.329. The Morgan fingerprint density at radius 1 is 0.931 bits per heavy atom. The van der Waals surface area contributed by atoms with Crippen molar-refractivity contribution in [3.63, 3.8) is 0 Å². The molecular formula is C22H18IN2O3S+. The zero-order chi connectivity index (χ0) is 20.2. The number of methoxy groups -OCH3 is 2. The Morgan fingerprint density at radius 3 is 2.45 bits per heavy atom. The number of aromatic nitrogens is 1. The Kier molecular flexibility index (Phi) is 5.96. The Bertz CT molecular complexity index is 1160. The molecule has 0 saturated carbocycles. The quantitative estimate of drug-likeness (QED) is 0.396. The first-order valence-corrected chi connectivity index (χ1v) is 11.8. The summed E-state index contributed by atoms with van der Waals surface area (Å²) in [6.07, 6.45) is 0. The number of hydrogen-bond donors (Lipinski definition) is 1. The van der Waals surface area contributed by atoms with E-state index >= 15 is 0 Å². The smallest absolute Gasteiger partial charge is 0.358 e. The first-order valence-electron chi connectivity index (χ1n) is 8.79. The van der Waals surface area contributed by atoms with Crippen LogP contribution in [-0.4, -0.2) is 25.1 Å². The first-order chi connectivity index (χ1) is 14.1. The minimum Gasteiger partial charge on any atom is -0.497 e. The number of carbonyl (C=O) groups is 1. The van der Waals surface area contributed by atoms with Crippen LogP contribution in [0.15, 0.2) is 66.7 Å². The third kappa shape index (κ3) is 4.68. The van der Waals surface area contributed by atoms with E-state index in [1.54, 1.807) is 14.2 Å². The number of ether oxygens (including phenoxy) is 2. The lowest BCUT2D eigenvalue weighted by molar-refractivity contribution is -0.597. The van der Waals surface area contributed by atoms with Crippen LogP contribution in [0.2, 0.25) is 0 Å². The van der Waals surface area contributed by atoms with E-state index in [1.807, 2.05) is 54.6 Å². The number of nitrogens with one attached hydrogen (secondary N) is 1. The second-order valence-corrected chi connectivity index (χ2v) is 10.1. The molecule has 7 heteroatoms. The van der Waals surface area contributed by atoms with Crippen LogP contribution in [-0.2, 0) is 0 Å². The second kappa shape index (κ2) is 8.79. The molecule has 0 unspecified atom stereocenters. The SMILES string of the molecule is COc1cccc([I+]c2ccc(C(=O)Nc3nc4ccc(OC)cc4s3)cc2)c1. The minimum absolute atomic E-state index is 0.165. The van der Waals surface area contributed by atoms with Gasteiger partial charge in [0.2, 0.25) is 0 Å². The molecule has 4 rings (SSSR count). The molecule has 0 radical (unpaired) electrons. The second-order valence-electron chi connectivity index (χ2n) is 6.07. The van der Waals surface area contributed by atoms with Crippen LogP contribution >= 0.6 is 11.3 Å². The van der Waals surface area contributed by atoms with Gasteiger partial charge in [-0.2, -0.15) is 0 Å². The highest BCUT2D eigenvalue weighted by atomic mass is 127. The van der Waals surface area contributed by atoms with Gasteiger partial charge in [0.15, 0.2) is 12.3 Å². The molecule has 0 saturated heterocycles. The number of thiazole rings is 1. The molecule has 4 aromatic rings. The van der Waals surface area contributed by atoms with E-state index in [0.717, 1.165) is 21.7 Å². The van der Waals surface area contributed by atoms with E-state index in [4.69, 9.17) is 9.47 Å². The molecular weight excluding hydrogens is 499 g/mol. The molecule has 29 heavy (non-hydrogen) atoms. The summed E-state index contributed by atoms with van der Waals surface area (Å²) in [6.45, 7) is 0. The van der Waals surface area contributed by atoms with Crippen molar-refractivity contribution in [3.05, 3.63) is 79.4 Å². The first kappa shape index (κ1) is 19.7. The Morgan fingerprint density at radius 2 is 1.69 bits per heavy atom. The fourth-order valence-corrected chi connectivity index (χ4v) is 5.88. The molecule has 1 amide bonds. The molecule has 0 aliphatic rings. The summed E-state index contributed by atoms with van der Waals surface area (Å²) in [6, 6.07) is 21.5. The summed E-state index contributed by atoms with van der Waals surface area (Å²) in [5.41, 5.74) is 1.45. The maximum atomic E-state index is 12.6. The van der Waals surface area contributed by atoms with E-state index < -0.39 is 0 Å². The van der Waals surface area contributed by atoms with Gasteiger partial charge in [0.25, 0.3) is 5.91 Å². The third-order valence-corrected chi connectivity index (χ3v) is 7.74. The Labute approximate surface area is 183 Å². The predicted molar refractivity (Wildman–Crippen MR) is 111 cm³/mol. The highest BCUT2D eigenvalue weighted by Crippen LogP contribution is 2.29. The molecule has 0 fully saturated rings. The van der Waals surface area contributed by atoms with Gasteiger partial charge in [-0.25, -0.2) is 4.98 Å². The molecule has 1 N–H and O–H groups in total. The average molecular weight is 517 g/mol. The monoisotopic (exact) mass is 517 g/mol. The van der Waals surface area contributed by atoms with Crippen molar-refractivity contribution in [2.24, 2.45) is 0 Å². The molecule has 0 aliphatic carbocycles. The summed E-state index contributed by atoms with van der Waals surface area (Å²) in [7, 11) is 3.30. The molecule has 1 heterocycles. The number of halogens is 1. The summed E-state index contributed by atoms with van der Waals surface area (Å²) in [4.78, 5) is 17.1. The number of nitrogens with zero attached hydrogens (tertiary/aromatic N) is 1. The maximum absolute atomic E-state index is 12.6. The topological polar surface area (TPSA) is 60.5 Å². The highest BCUT2D eigenvalue weighted by molar-refractivity contribution is 7.22. The number of anilines is 1. The van der Waals surface area contributed by atoms with E-state index in [0.29, 0.717) is 10.7 Å². The largest absolute Gasteiger partial charge is 0.497 e. The van der Waals surface area contributed by atoms with Crippen LogP contribution in [0.4, 0.5) is 5.13 Å². The van der Waals surface area contributed by atoms with E-state index in [2.05, 4.69) is 22.4 Å². The summed E-state index contributed by atoms with van der Waals surface area (Å²) in [5, 5.41) is 3.46. The van der Waals surface area contributed by atoms with Crippen molar-refractivity contribution >= 4 is 32.6 Å². The average Bonchev–Trinajstić information content (AvgIpc) is 3.15. The van der Waals surface area contributed by atoms with Crippen LogP contribution in [0.1, 0.15) is 10.4 Å². The number of benzene rings is 3. The standard InChI is InChI=1S/C22H17IN2O3S/c1-27-17-5-3-4-16(12-17)23-15-8-6-14(7-9-15)21(26)25-22-24-19-11-10-18(28-2)13-20(19)29-22/h3-13H,1-2H3/p+1. The van der Waals surface area contributed by atoms with Gasteiger partial charge < -0.3 is 9.47 Å². The van der Waals surface area contributed by atoms with Gasteiger partial charge in [-0.15, -0.1) is 0 Å². The Hall–Kier alpha value is -2.65. The van der Waals surface area contributed by atoms with Crippen molar-refractivity contribution in [3.8, 4) is 11.5 Å². The van der Waals surface area contributed by atoms with Gasteiger partial charge in [0.1, 0.15) is 11.5 Å². The van der Waals surface area contributed by atoms with Gasteiger partial charge in [0.05, 0.1) is 24.4 Å². The van der Waals surface area contributed by atoms with Crippen molar-refractivity contribution in [1.29, 1.82) is 0 Å². The summed E-state index contributed by atoms with van der Waals surface area (Å²) < 4.78 is 14.0. The lowest BCUT2D eigenvalue weighted by Gasteiger charge is -2.00. The number of carbonyl (C=O) groups excluding carboxylic acids is 1. The van der Waals surface area contributed by atoms with Crippen LogP contribution in [0.25, 0.3) is 10.2 Å². The summed E-state index contributed by atoms with van der Waals surface area (Å²) in [5.74, 6) is 1.47. The predicted octanol–water partition coefficient (Wildman–Crippen LogP) is 1.69. The lowest BCUT2D eigenvalue weighted by atomic mass is 10.2. The molecule has 1 aromatic heterocycles. The number of rotatable bonds is 6. The van der Waals surface area contributed by atoms with E-state index in [1.165, 1.54) is 18.5 Å². The maximum Gasteiger partial charge on any atom is 0.358 e. The van der Waals surface area contributed by atoms with Gasteiger partial charge in [-0.3, -0.25) is 10.1 Å². The molecule has 0 atom stereocenters. The van der Waals surface area contributed by atoms with Gasteiger partial charge in [-0.05, 0) is 54.6 Å². The molecule has 146 valence electrons. The molecule has 5 nitrogen and oxygen atoms in total. The van der Waals surface area contributed by atoms with Gasteiger partial charge in [0, 0.05) is 11.6 Å². The fraction of sp³-hybridized carbons (Fsp3) is 0.0909. The number of amides is 1. The Balaban J connectivity index is 1.45. The summed E-state index contributed by atoms with van der Waals surface area (Å²) >= 11 is 1.10. The highest BCUT2D eigenvalue weighted by Gasteiger charge is 2.17. The van der Waals surface area contributed by atoms with E-state index in [9.17, 15) is 4.79 Å². The van der Waals surface area contributed by atoms with Crippen LogP contribution < -0.4 is 36.0 Å². The zero-order valence-corrected chi connectivity index (χ0v) is 18.8. The lowest BCUT2D eigenvalue weighted by Crippen LogP contribution is -3.61. The van der Waals surface area contributed by atoms with Crippen molar-refractivity contribution in [1.82, 2.24) is 4.98 Å². The van der Waals surface area contributed by atoms with E-state index in [-0.39, 0.29) is 27.1 Å². The van der Waals surface area contributed by atoms with Crippen molar-refractivity contribution in [2.75, 3.05) is 19.5 Å². The van der Waals surface area contributed by atoms with Crippen LogP contribution in [0, 0.1) is 7.14 Å². The van der Waals surface area contributed by atoms with Gasteiger partial charge >= 0.3 is 21.2 Å². The fourth-order valence-electron chi connectivity index (χ4n) is 2.70. The zero-order valence-electron chi connectivity index (χ0n) is 15.8. The van der Waals surface area contributed by atoms with Crippen LogP contribution in [0.5, 0.6) is 11.5 Å². The number of hydrogen-bond acceptors (Lipinski definition) is 5. The van der Waals surface area contributed by atoms with Gasteiger partial charge in [-0.1, -0.05) is 17.4 Å². The van der Waals surface area contributed by atoms with Crippen molar-refractivity contribution < 1.29 is 35.5 Å². The molecule has 0 bridgehead atoms. The third-order valence-electron chi connectivity index (χ3n) is 4.17. The van der Waals surface area contributed by atoms with Crippen LogP contribution in [0.3, 0.4) is 0 Å². The molecule has 0 spiro atoms. The normalized spacial score (nSPS) is 10.7. The number of fused-ring (bicyclic) bond motifs is 1. The molecule has 0 aliphatic heterocycles. The molecule has 3 aromatic carbocycles. The van der Waals surface area contributed by atoms with Crippen molar-refractivity contribution in [2.45, 2.75) is 0 Å².